The molecule has 0 saturated heterocycles. The molecule has 1 nitrogen and oxygen atoms in total. The van der Waals surface area contributed by atoms with Crippen LogP contribution in [0.4, 0.5) is 0 Å². The van der Waals surface area contributed by atoms with E-state index in [4.69, 9.17) is 11.3 Å². The zero-order valence-corrected chi connectivity index (χ0v) is 4.14. The van der Waals surface area contributed by atoms with Crippen LogP contribution in [0.15, 0.2) is 16.5 Å². The molecule has 0 aliphatic heterocycles. The largest absolute Gasteiger partial charge is 0.466 e. The number of furan rings is 1. The summed E-state index contributed by atoms with van der Waals surface area (Å²) in [6.07, 6.45) is 0. The second-order valence-corrected chi connectivity index (χ2v) is 1.45. The minimum Gasteiger partial charge on any atom is -0.466 e. The minimum atomic E-state index is 0.484. The van der Waals surface area contributed by atoms with Crippen LogP contribution in [0.1, 0.15) is 11.5 Å². The van der Waals surface area contributed by atoms with E-state index < -0.39 is 0 Å². The zero-order valence-electron chi connectivity index (χ0n) is 4.14. The first-order chi connectivity index (χ1) is 3.29. The van der Waals surface area contributed by atoms with Crippen LogP contribution >= 0.6 is 0 Å². The van der Waals surface area contributed by atoms with Gasteiger partial charge in [0.25, 0.3) is 0 Å². The number of hydrogen-bond acceptors (Lipinski definition) is 1. The molecule has 0 aliphatic rings. The summed E-state index contributed by atoms with van der Waals surface area (Å²) in [7, 11) is 0. The van der Waals surface area contributed by atoms with Crippen molar-refractivity contribution >= 4 is 0 Å². The van der Waals surface area contributed by atoms with Gasteiger partial charge in [-0.15, -0.1) is 0 Å². The smallest absolute Gasteiger partial charge is 0.108 e. The first-order valence-electron chi connectivity index (χ1n) is 2.11. The van der Waals surface area contributed by atoms with Crippen LogP contribution in [-0.2, 0) is 0 Å². The van der Waals surface area contributed by atoms with Gasteiger partial charge in [-0.05, 0) is 19.1 Å². The van der Waals surface area contributed by atoms with E-state index in [1.165, 1.54) is 0 Å². The predicted molar refractivity (Wildman–Crippen MR) is 26.8 cm³/mol. The van der Waals surface area contributed by atoms with Crippen LogP contribution < -0.4 is 0 Å². The Morgan fingerprint density at radius 3 is 2.43 bits per heavy atom. The van der Waals surface area contributed by atoms with Gasteiger partial charge in [0.15, 0.2) is 0 Å². The van der Waals surface area contributed by atoms with Gasteiger partial charge in [-0.3, -0.25) is 0 Å². The molecule has 2 radical (unpaired) electrons. The first-order valence-corrected chi connectivity index (χ1v) is 2.11. The van der Waals surface area contributed by atoms with Crippen LogP contribution in [0.3, 0.4) is 0 Å². The quantitative estimate of drug-likeness (QED) is 0.476. The fourth-order valence-electron chi connectivity index (χ4n) is 0.453. The molecule has 0 atom stereocenters. The Balaban J connectivity index is 3.04. The summed E-state index contributed by atoms with van der Waals surface area (Å²) < 4.78 is 4.86. The molecule has 0 amide bonds. The minimum absolute atomic E-state index is 0.484. The van der Waals surface area contributed by atoms with Gasteiger partial charge in [0.1, 0.15) is 11.5 Å². The molecule has 1 aromatic rings. The third kappa shape index (κ3) is 0.829. The maximum absolute atomic E-state index is 5.21. The first kappa shape index (κ1) is 4.44. The third-order valence-electron chi connectivity index (χ3n) is 0.761. The highest BCUT2D eigenvalue weighted by atomic mass is 16.3. The Hall–Kier alpha value is -0.720. The van der Waals surface area contributed by atoms with E-state index in [-0.39, 0.29) is 0 Å². The maximum atomic E-state index is 5.21. The number of hydrogen-bond donors (Lipinski definition) is 0. The molecule has 0 unspecified atom stereocenters. The molecule has 0 fully saturated rings. The normalized spacial score (nSPS) is 9.43. The average molecular weight is 94.1 g/mol. The Morgan fingerprint density at radius 2 is 2.29 bits per heavy atom. The summed E-state index contributed by atoms with van der Waals surface area (Å²) >= 11 is 0. The van der Waals surface area contributed by atoms with E-state index in [0.717, 1.165) is 5.76 Å². The summed E-state index contributed by atoms with van der Waals surface area (Å²) in [5, 5.41) is 0. The fraction of sp³-hybridized carbons (Fsp3) is 0.167. The standard InChI is InChI=1S/C6H6O/c1-5-3-4-6(2)7-5/h1,3-4H,2H3. The monoisotopic (exact) mass is 94.0 g/mol. The average Bonchev–Trinajstić information content (AvgIpc) is 1.87. The molecule has 36 valence electrons. The van der Waals surface area contributed by atoms with Crippen molar-refractivity contribution in [1.29, 1.82) is 0 Å². The molecule has 0 spiro atoms. The van der Waals surface area contributed by atoms with Gasteiger partial charge >= 0.3 is 0 Å². The van der Waals surface area contributed by atoms with Gasteiger partial charge in [0, 0.05) is 6.92 Å². The summed E-state index contributed by atoms with van der Waals surface area (Å²) in [5.41, 5.74) is 0. The van der Waals surface area contributed by atoms with Crippen LogP contribution in [0.5, 0.6) is 0 Å². The van der Waals surface area contributed by atoms with Crippen LogP contribution in [0.2, 0.25) is 0 Å². The topological polar surface area (TPSA) is 13.1 Å². The second-order valence-electron chi connectivity index (χ2n) is 1.45. The van der Waals surface area contributed by atoms with Crippen molar-refractivity contribution < 1.29 is 4.42 Å². The van der Waals surface area contributed by atoms with Gasteiger partial charge < -0.3 is 4.42 Å². The molecule has 0 aromatic carbocycles. The van der Waals surface area contributed by atoms with Crippen molar-refractivity contribution in [3.63, 3.8) is 0 Å². The van der Waals surface area contributed by atoms with Crippen molar-refractivity contribution in [3.8, 4) is 0 Å². The van der Waals surface area contributed by atoms with Crippen molar-refractivity contribution in [2.45, 2.75) is 6.92 Å². The van der Waals surface area contributed by atoms with Gasteiger partial charge in [-0.2, -0.15) is 0 Å². The van der Waals surface area contributed by atoms with Gasteiger partial charge in [0.2, 0.25) is 0 Å². The lowest BCUT2D eigenvalue weighted by Crippen LogP contribution is -1.53. The SMILES string of the molecule is [CH]c1ccc(C)o1. The molecule has 1 heterocycles. The van der Waals surface area contributed by atoms with Gasteiger partial charge in [-0.1, -0.05) is 0 Å². The molecule has 1 rings (SSSR count). The molecule has 0 bridgehead atoms. The molecule has 7 heavy (non-hydrogen) atoms. The van der Waals surface area contributed by atoms with Crippen molar-refractivity contribution in [2.75, 3.05) is 0 Å². The highest BCUT2D eigenvalue weighted by Gasteiger charge is 1.86. The number of aryl methyl sites for hydroxylation is 1. The van der Waals surface area contributed by atoms with Crippen molar-refractivity contribution in [3.05, 3.63) is 30.6 Å². The van der Waals surface area contributed by atoms with E-state index in [0.29, 0.717) is 5.76 Å². The van der Waals surface area contributed by atoms with Crippen molar-refractivity contribution in [2.24, 2.45) is 0 Å². The lowest BCUT2D eigenvalue weighted by atomic mass is 10.5. The van der Waals surface area contributed by atoms with Crippen molar-refractivity contribution in [1.82, 2.24) is 0 Å². The molecule has 1 aromatic heterocycles. The highest BCUT2D eigenvalue weighted by molar-refractivity contribution is 5.07. The summed E-state index contributed by atoms with van der Waals surface area (Å²) in [6, 6.07) is 3.56. The Morgan fingerprint density at radius 1 is 1.57 bits per heavy atom. The maximum Gasteiger partial charge on any atom is 0.108 e. The lowest BCUT2D eigenvalue weighted by molar-refractivity contribution is 0.517. The molecular formula is C6H6O. The summed E-state index contributed by atoms with van der Waals surface area (Å²) in [5.74, 6) is 1.34. The van der Waals surface area contributed by atoms with E-state index in [2.05, 4.69) is 0 Å². The van der Waals surface area contributed by atoms with E-state index in [9.17, 15) is 0 Å². The van der Waals surface area contributed by atoms with E-state index in [1.54, 1.807) is 6.07 Å². The van der Waals surface area contributed by atoms with Crippen LogP contribution in [-0.4, -0.2) is 0 Å². The van der Waals surface area contributed by atoms with Gasteiger partial charge in [-0.25, -0.2) is 0 Å². The molecular weight excluding hydrogens is 88.1 g/mol. The van der Waals surface area contributed by atoms with Crippen LogP contribution in [0, 0.1) is 13.8 Å². The number of rotatable bonds is 0. The van der Waals surface area contributed by atoms with E-state index in [1.807, 2.05) is 13.0 Å². The van der Waals surface area contributed by atoms with Crippen LogP contribution in [0.25, 0.3) is 0 Å². The predicted octanol–water partition coefficient (Wildman–Crippen LogP) is 1.65. The highest BCUT2D eigenvalue weighted by Crippen LogP contribution is 2.02. The lowest BCUT2D eigenvalue weighted by Gasteiger charge is -1.75. The summed E-state index contributed by atoms with van der Waals surface area (Å²) in [6.45, 7) is 7.07. The zero-order chi connectivity index (χ0) is 5.28. The molecule has 0 aliphatic carbocycles. The Labute approximate surface area is 43.0 Å². The third-order valence-corrected chi connectivity index (χ3v) is 0.761. The van der Waals surface area contributed by atoms with E-state index >= 15 is 0 Å². The van der Waals surface area contributed by atoms with Gasteiger partial charge in [0.05, 0.1) is 0 Å². The molecule has 0 N–H and O–H groups in total. The summed E-state index contributed by atoms with van der Waals surface area (Å²) in [4.78, 5) is 0. The second kappa shape index (κ2) is 1.41. The molecule has 0 saturated carbocycles. The fourth-order valence-corrected chi connectivity index (χ4v) is 0.453. The Bertz CT molecular complexity index is 136. The molecule has 1 heteroatoms. The Kier molecular flexibility index (Phi) is 0.895.